The van der Waals surface area contributed by atoms with Gasteiger partial charge in [-0.3, -0.25) is 4.79 Å². The molecule has 3 nitrogen and oxygen atoms in total. The van der Waals surface area contributed by atoms with Gasteiger partial charge in [0.25, 0.3) is 0 Å². The number of carbonyl (C=O) groups is 1. The molecule has 1 aliphatic rings. The Labute approximate surface area is 109 Å². The first-order valence-electron chi connectivity index (χ1n) is 5.77. The Morgan fingerprint density at radius 3 is 2.71 bits per heavy atom. The zero-order chi connectivity index (χ0) is 11.4. The lowest BCUT2D eigenvalue weighted by atomic mass is 10.1. The van der Waals surface area contributed by atoms with Crippen LogP contribution in [0.1, 0.15) is 12.0 Å². The van der Waals surface area contributed by atoms with Gasteiger partial charge in [-0.1, -0.05) is 30.3 Å². The molecule has 2 rings (SSSR count). The molecule has 1 aromatic rings. The minimum Gasteiger partial charge on any atom is -0.341 e. The second-order valence-corrected chi connectivity index (χ2v) is 4.31. The van der Waals surface area contributed by atoms with Crippen LogP contribution < -0.4 is 5.32 Å². The highest BCUT2D eigenvalue weighted by Gasteiger charge is 2.22. The van der Waals surface area contributed by atoms with E-state index in [-0.39, 0.29) is 18.3 Å². The van der Waals surface area contributed by atoms with E-state index >= 15 is 0 Å². The Balaban J connectivity index is 0.00000144. The normalized spacial score (nSPS) is 18.5. The molecule has 1 aromatic carbocycles. The lowest BCUT2D eigenvalue weighted by molar-refractivity contribution is -0.130. The van der Waals surface area contributed by atoms with E-state index in [0.29, 0.717) is 12.5 Å². The van der Waals surface area contributed by atoms with Gasteiger partial charge in [0, 0.05) is 19.6 Å². The second kappa shape index (κ2) is 6.62. The summed E-state index contributed by atoms with van der Waals surface area (Å²) in [4.78, 5) is 13.9. The number of rotatable bonds is 3. The molecule has 1 fully saturated rings. The molecule has 0 aromatic heterocycles. The molecule has 1 heterocycles. The van der Waals surface area contributed by atoms with Gasteiger partial charge in [-0.2, -0.15) is 0 Å². The van der Waals surface area contributed by atoms with Gasteiger partial charge >= 0.3 is 0 Å². The fourth-order valence-electron chi connectivity index (χ4n) is 2.07. The monoisotopic (exact) mass is 254 g/mol. The van der Waals surface area contributed by atoms with E-state index in [1.165, 1.54) is 0 Å². The number of hydrogen-bond donors (Lipinski definition) is 1. The second-order valence-electron chi connectivity index (χ2n) is 4.31. The summed E-state index contributed by atoms with van der Waals surface area (Å²) in [5, 5.41) is 3.28. The van der Waals surface area contributed by atoms with Crippen molar-refractivity contribution in [2.45, 2.75) is 18.9 Å². The number of carbonyl (C=O) groups excluding carboxylic acids is 1. The van der Waals surface area contributed by atoms with E-state index in [4.69, 9.17) is 0 Å². The molecule has 1 unspecified atom stereocenters. The summed E-state index contributed by atoms with van der Waals surface area (Å²) in [5.41, 5.74) is 1.09. The molecule has 4 heteroatoms. The van der Waals surface area contributed by atoms with Gasteiger partial charge in [-0.25, -0.2) is 0 Å². The smallest absolute Gasteiger partial charge is 0.227 e. The molecule has 94 valence electrons. The van der Waals surface area contributed by atoms with Crippen molar-refractivity contribution < 1.29 is 4.79 Å². The number of halogens is 1. The molecule has 1 atom stereocenters. The quantitative estimate of drug-likeness (QED) is 0.886. The number of amides is 1. The summed E-state index contributed by atoms with van der Waals surface area (Å²) in [7, 11) is 1.91. The first-order chi connectivity index (χ1) is 7.77. The van der Waals surface area contributed by atoms with E-state index in [0.717, 1.165) is 25.1 Å². The molecule has 1 saturated heterocycles. The lowest BCUT2D eigenvalue weighted by Gasteiger charge is -2.23. The SMILES string of the molecule is CN(C(=O)Cc1ccccc1)C1CCNC1.Cl. The third kappa shape index (κ3) is 3.72. The first kappa shape index (κ1) is 14.0. The van der Waals surface area contributed by atoms with E-state index in [2.05, 4.69) is 5.32 Å². The molecule has 0 radical (unpaired) electrons. The van der Waals surface area contributed by atoms with Crippen LogP contribution in [0.25, 0.3) is 0 Å². The molecule has 1 aliphatic heterocycles. The van der Waals surface area contributed by atoms with E-state index in [9.17, 15) is 4.79 Å². The molecule has 1 amide bonds. The van der Waals surface area contributed by atoms with Crippen molar-refractivity contribution in [3.63, 3.8) is 0 Å². The summed E-state index contributed by atoms with van der Waals surface area (Å²) >= 11 is 0. The number of likely N-dealkylation sites (N-methyl/N-ethyl adjacent to an activating group) is 1. The molecule has 0 saturated carbocycles. The van der Waals surface area contributed by atoms with Crippen LogP contribution in [0, 0.1) is 0 Å². The van der Waals surface area contributed by atoms with Crippen molar-refractivity contribution in [3.05, 3.63) is 35.9 Å². The van der Waals surface area contributed by atoms with Gasteiger partial charge in [0.2, 0.25) is 5.91 Å². The molecular weight excluding hydrogens is 236 g/mol. The zero-order valence-electron chi connectivity index (χ0n) is 10.1. The van der Waals surface area contributed by atoms with Crippen molar-refractivity contribution in [1.82, 2.24) is 10.2 Å². The van der Waals surface area contributed by atoms with Crippen molar-refractivity contribution in [2.75, 3.05) is 20.1 Å². The standard InChI is InChI=1S/C13H18N2O.ClH/c1-15(12-7-8-14-10-12)13(16)9-11-5-3-2-4-6-11;/h2-6,12,14H,7-10H2,1H3;1H. The highest BCUT2D eigenvalue weighted by Crippen LogP contribution is 2.09. The molecule has 0 aliphatic carbocycles. The van der Waals surface area contributed by atoms with Crippen molar-refractivity contribution in [2.24, 2.45) is 0 Å². The molecule has 0 spiro atoms. The van der Waals surface area contributed by atoms with Crippen molar-refractivity contribution in [1.29, 1.82) is 0 Å². The fraction of sp³-hybridized carbons (Fsp3) is 0.462. The van der Waals surface area contributed by atoms with Crippen molar-refractivity contribution in [3.8, 4) is 0 Å². The number of nitrogens with one attached hydrogen (secondary N) is 1. The van der Waals surface area contributed by atoms with Gasteiger partial charge in [-0.15, -0.1) is 12.4 Å². The lowest BCUT2D eigenvalue weighted by Crippen LogP contribution is -2.39. The Bertz CT molecular complexity index is 350. The molecule has 1 N–H and O–H groups in total. The van der Waals surface area contributed by atoms with Crippen LogP contribution in [0.3, 0.4) is 0 Å². The first-order valence-corrected chi connectivity index (χ1v) is 5.77. The zero-order valence-corrected chi connectivity index (χ0v) is 10.9. The van der Waals surface area contributed by atoms with E-state index in [1.807, 2.05) is 42.3 Å². The maximum atomic E-state index is 12.0. The third-order valence-corrected chi connectivity index (χ3v) is 3.17. The van der Waals surface area contributed by atoms with Crippen LogP contribution in [0.15, 0.2) is 30.3 Å². The molecule has 17 heavy (non-hydrogen) atoms. The van der Waals surface area contributed by atoms with Crippen LogP contribution in [0.5, 0.6) is 0 Å². The highest BCUT2D eigenvalue weighted by atomic mass is 35.5. The Morgan fingerprint density at radius 1 is 1.41 bits per heavy atom. The van der Waals surface area contributed by atoms with E-state index < -0.39 is 0 Å². The maximum Gasteiger partial charge on any atom is 0.227 e. The summed E-state index contributed by atoms with van der Waals surface area (Å²) < 4.78 is 0. The van der Waals surface area contributed by atoms with E-state index in [1.54, 1.807) is 0 Å². The van der Waals surface area contributed by atoms with Gasteiger partial charge < -0.3 is 10.2 Å². The Hall–Kier alpha value is -1.06. The molecule has 0 bridgehead atoms. The van der Waals surface area contributed by atoms with Gasteiger partial charge in [0.1, 0.15) is 0 Å². The van der Waals surface area contributed by atoms with Gasteiger partial charge in [-0.05, 0) is 18.5 Å². The summed E-state index contributed by atoms with van der Waals surface area (Å²) in [6.07, 6.45) is 1.57. The predicted octanol–water partition coefficient (Wildman–Crippen LogP) is 1.47. The fourth-order valence-corrected chi connectivity index (χ4v) is 2.07. The molecular formula is C13H19ClN2O. The summed E-state index contributed by atoms with van der Waals surface area (Å²) in [6, 6.07) is 10.3. The van der Waals surface area contributed by atoms with Crippen molar-refractivity contribution >= 4 is 18.3 Å². The van der Waals surface area contributed by atoms with Crippen LogP contribution in [-0.2, 0) is 11.2 Å². The minimum atomic E-state index is 0. The summed E-state index contributed by atoms with van der Waals surface area (Å²) in [6.45, 7) is 1.95. The number of nitrogens with zero attached hydrogens (tertiary/aromatic N) is 1. The Kier molecular flexibility index (Phi) is 5.45. The van der Waals surface area contributed by atoms with Crippen LogP contribution in [-0.4, -0.2) is 37.0 Å². The average Bonchev–Trinajstić information content (AvgIpc) is 2.83. The topological polar surface area (TPSA) is 32.3 Å². The third-order valence-electron chi connectivity index (χ3n) is 3.17. The van der Waals surface area contributed by atoms with Crippen LogP contribution in [0.4, 0.5) is 0 Å². The average molecular weight is 255 g/mol. The van der Waals surface area contributed by atoms with Gasteiger partial charge in [0.15, 0.2) is 0 Å². The van der Waals surface area contributed by atoms with Gasteiger partial charge in [0.05, 0.1) is 6.42 Å². The predicted molar refractivity (Wildman–Crippen MR) is 71.4 cm³/mol. The van der Waals surface area contributed by atoms with Crippen LogP contribution in [0.2, 0.25) is 0 Å². The largest absolute Gasteiger partial charge is 0.341 e. The number of benzene rings is 1. The number of hydrogen-bond acceptors (Lipinski definition) is 2. The summed E-state index contributed by atoms with van der Waals surface area (Å²) in [5.74, 6) is 0.208. The minimum absolute atomic E-state index is 0. The highest BCUT2D eigenvalue weighted by molar-refractivity contribution is 5.85. The maximum absolute atomic E-state index is 12.0. The van der Waals surface area contributed by atoms with Crippen LogP contribution >= 0.6 is 12.4 Å². The Morgan fingerprint density at radius 2 is 2.12 bits per heavy atom.